The SMILES string of the molecule is CCOC(=O)c1cccc2c1NC(c1ccc(Cl)c(Cl)c1)C1CC=CC21. The zero-order chi connectivity index (χ0) is 18.3. The van der Waals surface area contributed by atoms with Crippen LogP contribution >= 0.6 is 23.2 Å². The van der Waals surface area contributed by atoms with Gasteiger partial charge in [-0.2, -0.15) is 0 Å². The summed E-state index contributed by atoms with van der Waals surface area (Å²) in [5, 5.41) is 4.68. The summed E-state index contributed by atoms with van der Waals surface area (Å²) in [5.41, 5.74) is 3.65. The van der Waals surface area contributed by atoms with Gasteiger partial charge in [0.15, 0.2) is 0 Å². The Labute approximate surface area is 163 Å². The van der Waals surface area contributed by atoms with Crippen molar-refractivity contribution in [3.8, 4) is 0 Å². The molecule has 0 saturated carbocycles. The number of nitrogens with one attached hydrogen (secondary N) is 1. The third-order valence-electron chi connectivity index (χ3n) is 5.19. The Morgan fingerprint density at radius 2 is 2.08 bits per heavy atom. The molecule has 3 unspecified atom stereocenters. The maximum absolute atomic E-state index is 12.4. The van der Waals surface area contributed by atoms with Crippen molar-refractivity contribution >= 4 is 34.9 Å². The molecule has 26 heavy (non-hydrogen) atoms. The van der Waals surface area contributed by atoms with Crippen LogP contribution in [0.5, 0.6) is 0 Å². The maximum atomic E-state index is 12.4. The predicted molar refractivity (Wildman–Crippen MR) is 105 cm³/mol. The number of rotatable bonds is 3. The van der Waals surface area contributed by atoms with Gasteiger partial charge in [0, 0.05) is 5.92 Å². The van der Waals surface area contributed by atoms with Crippen molar-refractivity contribution < 1.29 is 9.53 Å². The lowest BCUT2D eigenvalue weighted by Crippen LogP contribution is -2.30. The van der Waals surface area contributed by atoms with E-state index in [1.54, 1.807) is 0 Å². The van der Waals surface area contributed by atoms with E-state index in [-0.39, 0.29) is 17.9 Å². The maximum Gasteiger partial charge on any atom is 0.340 e. The van der Waals surface area contributed by atoms with E-state index in [9.17, 15) is 4.79 Å². The first-order chi connectivity index (χ1) is 12.6. The fourth-order valence-corrected chi connectivity index (χ4v) is 4.34. The van der Waals surface area contributed by atoms with Crippen LogP contribution in [0, 0.1) is 5.92 Å². The van der Waals surface area contributed by atoms with Crippen LogP contribution < -0.4 is 5.32 Å². The number of anilines is 1. The summed E-state index contributed by atoms with van der Waals surface area (Å²) in [5.74, 6) is 0.336. The average molecular weight is 388 g/mol. The number of halogens is 2. The number of benzene rings is 2. The largest absolute Gasteiger partial charge is 0.462 e. The van der Waals surface area contributed by atoms with E-state index in [1.165, 1.54) is 0 Å². The zero-order valence-electron chi connectivity index (χ0n) is 14.3. The molecule has 1 aliphatic carbocycles. The molecule has 2 aliphatic rings. The molecule has 5 heteroatoms. The summed E-state index contributed by atoms with van der Waals surface area (Å²) in [6, 6.07) is 11.6. The molecule has 134 valence electrons. The molecule has 0 amide bonds. The third-order valence-corrected chi connectivity index (χ3v) is 5.93. The van der Waals surface area contributed by atoms with Crippen molar-refractivity contribution in [3.63, 3.8) is 0 Å². The summed E-state index contributed by atoms with van der Waals surface area (Å²) in [7, 11) is 0. The van der Waals surface area contributed by atoms with Crippen LogP contribution in [-0.2, 0) is 4.74 Å². The van der Waals surface area contributed by atoms with Crippen LogP contribution in [-0.4, -0.2) is 12.6 Å². The highest BCUT2D eigenvalue weighted by molar-refractivity contribution is 6.42. The van der Waals surface area contributed by atoms with Crippen molar-refractivity contribution in [2.75, 3.05) is 11.9 Å². The lowest BCUT2D eigenvalue weighted by Gasteiger charge is -2.38. The molecule has 1 heterocycles. The van der Waals surface area contributed by atoms with Crippen molar-refractivity contribution in [1.29, 1.82) is 0 Å². The predicted octanol–water partition coefficient (Wildman–Crippen LogP) is 6.00. The molecule has 2 aromatic carbocycles. The number of esters is 1. The number of fused-ring (bicyclic) bond motifs is 3. The number of carbonyl (C=O) groups excluding carboxylic acids is 1. The van der Waals surface area contributed by atoms with Crippen LogP contribution in [0.25, 0.3) is 0 Å². The monoisotopic (exact) mass is 387 g/mol. The van der Waals surface area contributed by atoms with Crippen molar-refractivity contribution in [3.05, 3.63) is 75.3 Å². The summed E-state index contributed by atoms with van der Waals surface area (Å²) >= 11 is 12.3. The normalized spacial score (nSPS) is 23.1. The number of para-hydroxylation sites is 1. The van der Waals surface area contributed by atoms with Crippen LogP contribution in [0.2, 0.25) is 10.0 Å². The van der Waals surface area contributed by atoms with E-state index in [1.807, 2.05) is 37.3 Å². The Balaban J connectivity index is 1.80. The van der Waals surface area contributed by atoms with E-state index < -0.39 is 0 Å². The molecular weight excluding hydrogens is 369 g/mol. The Hall–Kier alpha value is -1.97. The highest BCUT2D eigenvalue weighted by atomic mass is 35.5. The first-order valence-corrected chi connectivity index (χ1v) is 9.54. The van der Waals surface area contributed by atoms with E-state index in [2.05, 4.69) is 23.5 Å². The second-order valence-electron chi connectivity index (χ2n) is 6.64. The Morgan fingerprint density at radius 3 is 2.85 bits per heavy atom. The first-order valence-electron chi connectivity index (χ1n) is 8.78. The van der Waals surface area contributed by atoms with Crippen LogP contribution in [0.4, 0.5) is 5.69 Å². The molecule has 3 nitrogen and oxygen atoms in total. The van der Waals surface area contributed by atoms with Crippen LogP contribution in [0.15, 0.2) is 48.6 Å². The van der Waals surface area contributed by atoms with E-state index >= 15 is 0 Å². The molecular formula is C21H19Cl2NO2. The van der Waals surface area contributed by atoms with Gasteiger partial charge in [0.2, 0.25) is 0 Å². The van der Waals surface area contributed by atoms with Gasteiger partial charge in [-0.1, -0.05) is 53.6 Å². The van der Waals surface area contributed by atoms with E-state index in [0.717, 1.165) is 23.2 Å². The van der Waals surface area contributed by atoms with Gasteiger partial charge in [0.25, 0.3) is 0 Å². The lowest BCUT2D eigenvalue weighted by molar-refractivity contribution is 0.0527. The standard InChI is InChI=1S/C21H19Cl2NO2/c1-2-26-21(25)16-8-4-7-15-13-5-3-6-14(13)19(24-20(15)16)12-9-10-17(22)18(23)11-12/h3-5,7-11,13-14,19,24H,2,6H2,1H3. The molecule has 0 aromatic heterocycles. The number of carbonyl (C=O) groups is 1. The van der Waals surface area contributed by atoms with Crippen LogP contribution in [0.3, 0.4) is 0 Å². The Morgan fingerprint density at radius 1 is 1.23 bits per heavy atom. The Bertz CT molecular complexity index is 894. The summed E-state index contributed by atoms with van der Waals surface area (Å²) in [6.45, 7) is 2.17. The molecule has 0 radical (unpaired) electrons. The second kappa shape index (κ2) is 6.98. The van der Waals surface area contributed by atoms with Crippen LogP contribution in [0.1, 0.15) is 46.8 Å². The van der Waals surface area contributed by atoms with Gasteiger partial charge in [-0.15, -0.1) is 0 Å². The van der Waals surface area contributed by atoms with Gasteiger partial charge in [0.1, 0.15) is 0 Å². The Kier molecular flexibility index (Phi) is 4.68. The van der Waals surface area contributed by atoms with Crippen molar-refractivity contribution in [1.82, 2.24) is 0 Å². The van der Waals surface area contributed by atoms with Gasteiger partial charge < -0.3 is 10.1 Å². The molecule has 4 rings (SSSR count). The number of ether oxygens (including phenoxy) is 1. The van der Waals surface area contributed by atoms with Crippen molar-refractivity contribution in [2.45, 2.75) is 25.3 Å². The summed E-state index contributed by atoms with van der Waals surface area (Å²) < 4.78 is 5.25. The molecule has 3 atom stereocenters. The fourth-order valence-electron chi connectivity index (χ4n) is 4.04. The topological polar surface area (TPSA) is 38.3 Å². The number of hydrogen-bond acceptors (Lipinski definition) is 3. The lowest BCUT2D eigenvalue weighted by atomic mass is 9.76. The highest BCUT2D eigenvalue weighted by Gasteiger charge is 2.39. The molecule has 0 bridgehead atoms. The van der Waals surface area contributed by atoms with E-state index in [4.69, 9.17) is 27.9 Å². The highest BCUT2D eigenvalue weighted by Crippen LogP contribution is 2.51. The average Bonchev–Trinajstić information content (AvgIpc) is 3.13. The quantitative estimate of drug-likeness (QED) is 0.518. The molecule has 0 saturated heterocycles. The number of hydrogen-bond donors (Lipinski definition) is 1. The smallest absolute Gasteiger partial charge is 0.340 e. The number of allylic oxidation sites excluding steroid dienone is 2. The molecule has 2 aromatic rings. The minimum absolute atomic E-state index is 0.0489. The van der Waals surface area contributed by atoms with E-state index in [0.29, 0.717) is 28.1 Å². The molecule has 0 spiro atoms. The minimum atomic E-state index is -0.301. The molecule has 1 aliphatic heterocycles. The minimum Gasteiger partial charge on any atom is -0.462 e. The van der Waals surface area contributed by atoms with Gasteiger partial charge in [-0.05, 0) is 48.6 Å². The summed E-state index contributed by atoms with van der Waals surface area (Å²) in [6.07, 6.45) is 5.43. The fraction of sp³-hybridized carbons (Fsp3) is 0.286. The second-order valence-corrected chi connectivity index (χ2v) is 7.45. The van der Waals surface area contributed by atoms with Gasteiger partial charge in [-0.25, -0.2) is 4.79 Å². The van der Waals surface area contributed by atoms with Crippen molar-refractivity contribution in [2.24, 2.45) is 5.92 Å². The summed E-state index contributed by atoms with van der Waals surface area (Å²) in [4.78, 5) is 12.4. The van der Waals surface area contributed by atoms with Gasteiger partial charge >= 0.3 is 5.97 Å². The molecule has 1 N–H and O–H groups in total. The molecule has 0 fully saturated rings. The van der Waals surface area contributed by atoms with Gasteiger partial charge in [-0.3, -0.25) is 0 Å². The third kappa shape index (κ3) is 2.89. The zero-order valence-corrected chi connectivity index (χ0v) is 15.8. The first kappa shape index (κ1) is 17.4. The van der Waals surface area contributed by atoms with Gasteiger partial charge in [0.05, 0.1) is 33.9 Å².